The summed E-state index contributed by atoms with van der Waals surface area (Å²) in [6, 6.07) is 12.0. The second-order valence-corrected chi connectivity index (χ2v) is 8.79. The smallest absolute Gasteiger partial charge is 0.336 e. The second kappa shape index (κ2) is 11.8. The van der Waals surface area contributed by atoms with Crippen LogP contribution in [0.5, 0.6) is 5.75 Å². The molecule has 2 aliphatic rings. The van der Waals surface area contributed by atoms with Gasteiger partial charge in [0.25, 0.3) is 5.91 Å². The number of aliphatic hydroxyl groups excluding tert-OH is 1. The maximum atomic E-state index is 12.9. The maximum absolute atomic E-state index is 12.9. The van der Waals surface area contributed by atoms with E-state index in [1.807, 2.05) is 0 Å². The Balaban J connectivity index is 1.70. The highest BCUT2D eigenvalue weighted by Gasteiger charge is 2.23. The fourth-order valence-corrected chi connectivity index (χ4v) is 4.26. The quantitative estimate of drug-likeness (QED) is 0.191. The lowest BCUT2D eigenvalue weighted by Crippen LogP contribution is -2.41. The number of carbonyl (C=O) groups excluding carboxylic acids is 2. The van der Waals surface area contributed by atoms with E-state index in [-0.39, 0.29) is 71.3 Å². The van der Waals surface area contributed by atoms with E-state index < -0.39 is 17.9 Å². The average Bonchev–Trinajstić information content (AvgIpc) is 2.90. The number of aromatic hydroxyl groups is 1. The zero-order valence-corrected chi connectivity index (χ0v) is 20.9. The van der Waals surface area contributed by atoms with Crippen LogP contribution in [0, 0.1) is 0 Å². The number of nitrogens with one attached hydrogen (secondary N) is 2. The zero-order valence-electron chi connectivity index (χ0n) is 20.9. The number of phenols is 1. The molecule has 11 nitrogen and oxygen atoms in total. The summed E-state index contributed by atoms with van der Waals surface area (Å²) in [5, 5.41) is 34.9. The van der Waals surface area contributed by atoms with Gasteiger partial charge in [-0.2, -0.15) is 0 Å². The third-order valence-electron chi connectivity index (χ3n) is 6.05. The van der Waals surface area contributed by atoms with Crippen LogP contribution in [0.2, 0.25) is 0 Å². The van der Waals surface area contributed by atoms with Crippen molar-refractivity contribution >= 4 is 28.8 Å². The summed E-state index contributed by atoms with van der Waals surface area (Å²) in [6.45, 7) is -0.164. The predicted molar refractivity (Wildman–Crippen MR) is 141 cm³/mol. The van der Waals surface area contributed by atoms with Crippen LogP contribution in [-0.4, -0.2) is 66.0 Å². The van der Waals surface area contributed by atoms with E-state index in [9.17, 15) is 34.5 Å². The van der Waals surface area contributed by atoms with Crippen molar-refractivity contribution < 1.29 is 38.9 Å². The molecule has 1 unspecified atom stereocenters. The third-order valence-corrected chi connectivity index (χ3v) is 6.05. The number of aliphatic hydroxyl groups is 1. The van der Waals surface area contributed by atoms with Crippen LogP contribution in [0.15, 0.2) is 63.8 Å². The number of carboxylic acid groups (broad SMARTS) is 1. The monoisotopic (exact) mass is 534 g/mol. The molecule has 2 aromatic rings. The first-order valence-electron chi connectivity index (χ1n) is 12.0. The molecular formula is C28H26N2O9. The molecule has 2 aromatic carbocycles. The van der Waals surface area contributed by atoms with E-state index >= 15 is 0 Å². The van der Waals surface area contributed by atoms with Crippen LogP contribution in [0.1, 0.15) is 27.1 Å². The molecule has 39 heavy (non-hydrogen) atoms. The van der Waals surface area contributed by atoms with Gasteiger partial charge in [-0.15, -0.1) is 0 Å². The van der Waals surface area contributed by atoms with Crippen molar-refractivity contribution in [3.63, 3.8) is 0 Å². The van der Waals surface area contributed by atoms with Gasteiger partial charge in [-0.05, 0) is 48.0 Å². The highest BCUT2D eigenvalue weighted by atomic mass is 16.5. The predicted octanol–water partition coefficient (Wildman–Crippen LogP) is 2.21. The summed E-state index contributed by atoms with van der Waals surface area (Å²) in [6.07, 6.45) is -0.0531. The fraction of sp³-hybridized carbons (Fsp3) is 0.214. The van der Waals surface area contributed by atoms with Crippen LogP contribution in [-0.2, 0) is 9.53 Å². The molecule has 0 saturated carbocycles. The largest absolute Gasteiger partial charge is 0.508 e. The van der Waals surface area contributed by atoms with E-state index in [2.05, 4.69) is 10.6 Å². The molecule has 0 saturated heterocycles. The molecule has 1 heterocycles. The molecule has 2 amide bonds. The molecule has 5 N–H and O–H groups in total. The van der Waals surface area contributed by atoms with E-state index in [4.69, 9.17) is 9.15 Å². The topological polar surface area (TPSA) is 175 Å². The summed E-state index contributed by atoms with van der Waals surface area (Å²) in [5.74, 6) is -2.06. The van der Waals surface area contributed by atoms with E-state index in [0.29, 0.717) is 16.5 Å². The number of carbonyl (C=O) groups is 3. The molecule has 0 aromatic heterocycles. The minimum atomic E-state index is -1.23. The first kappa shape index (κ1) is 27.3. The lowest BCUT2D eigenvalue weighted by atomic mass is 9.89. The minimum Gasteiger partial charge on any atom is -0.508 e. The van der Waals surface area contributed by atoms with E-state index in [0.717, 1.165) is 0 Å². The number of fused-ring (bicyclic) bond motifs is 2. The van der Waals surface area contributed by atoms with E-state index in [1.165, 1.54) is 55.6 Å². The Bertz CT molecular complexity index is 1580. The maximum Gasteiger partial charge on any atom is 0.336 e. The molecule has 202 valence electrons. The first-order chi connectivity index (χ1) is 18.7. The zero-order chi connectivity index (χ0) is 28.1. The Kier molecular flexibility index (Phi) is 8.23. The number of aromatic carboxylic acids is 1. The van der Waals surface area contributed by atoms with Crippen LogP contribution in [0.3, 0.4) is 0 Å². The number of carboxylic acids is 1. The number of ether oxygens (including phenoxy) is 1. The van der Waals surface area contributed by atoms with Gasteiger partial charge in [0.1, 0.15) is 17.1 Å². The Labute approximate surface area is 222 Å². The van der Waals surface area contributed by atoms with Crippen LogP contribution in [0.25, 0.3) is 33.4 Å². The number of hydrogen-bond acceptors (Lipinski definition) is 8. The fourth-order valence-electron chi connectivity index (χ4n) is 4.26. The second-order valence-electron chi connectivity index (χ2n) is 8.79. The van der Waals surface area contributed by atoms with Crippen molar-refractivity contribution in [3.05, 3.63) is 75.9 Å². The highest BCUT2D eigenvalue weighted by molar-refractivity contribution is 6.09. The molecular weight excluding hydrogens is 508 g/mol. The molecule has 0 radical (unpaired) electrons. The van der Waals surface area contributed by atoms with Crippen molar-refractivity contribution in [2.45, 2.75) is 12.5 Å². The summed E-state index contributed by atoms with van der Waals surface area (Å²) in [5.41, 5.74) is 1.00. The van der Waals surface area contributed by atoms with Gasteiger partial charge in [0, 0.05) is 54.3 Å². The summed E-state index contributed by atoms with van der Waals surface area (Å²) in [4.78, 5) is 49.2. The summed E-state index contributed by atoms with van der Waals surface area (Å²) < 4.78 is 10.7. The number of methoxy groups -OCH3 is 1. The first-order valence-corrected chi connectivity index (χ1v) is 12.0. The normalized spacial score (nSPS) is 11.8. The Morgan fingerprint density at radius 2 is 1.82 bits per heavy atom. The Morgan fingerprint density at radius 1 is 1.03 bits per heavy atom. The van der Waals surface area contributed by atoms with Crippen molar-refractivity contribution in [1.82, 2.24) is 10.6 Å². The number of amides is 2. The molecule has 0 bridgehead atoms. The molecule has 4 rings (SSSR count). The van der Waals surface area contributed by atoms with Crippen molar-refractivity contribution in [2.75, 3.05) is 26.9 Å². The van der Waals surface area contributed by atoms with Gasteiger partial charge in [0.2, 0.25) is 5.91 Å². The molecule has 1 aliphatic heterocycles. The lowest BCUT2D eigenvalue weighted by Gasteiger charge is -2.17. The molecule has 1 aliphatic carbocycles. The molecule has 0 spiro atoms. The molecule has 0 fully saturated rings. The van der Waals surface area contributed by atoms with Gasteiger partial charge < -0.3 is 35.1 Å². The SMILES string of the molecule is COCC(CO)NC(=O)CCNC(=O)c1ccc(C(=O)O)c(-c2c3ccc(=O)cc-3oc3cc(O)ccc23)c1. The van der Waals surface area contributed by atoms with Crippen molar-refractivity contribution in [3.8, 4) is 28.2 Å². The molecule has 11 heteroatoms. The van der Waals surface area contributed by atoms with Crippen molar-refractivity contribution in [1.29, 1.82) is 0 Å². The van der Waals surface area contributed by atoms with Crippen LogP contribution < -0.4 is 16.1 Å². The standard InChI is InChI=1S/C28H26N2O9/c1-38-14-16(13-31)30-25(34)8-9-29-27(35)15-2-5-19(28(36)37)22(10-15)26-20-6-3-17(32)11-23(20)39-24-12-18(33)4-7-21(24)26/h2-7,10-12,16,31-32H,8-9,13-14H2,1H3,(H,29,35)(H,30,34)(H,36,37). The lowest BCUT2D eigenvalue weighted by molar-refractivity contribution is -0.122. The summed E-state index contributed by atoms with van der Waals surface area (Å²) >= 11 is 0. The van der Waals surface area contributed by atoms with Crippen LogP contribution in [0.4, 0.5) is 0 Å². The van der Waals surface area contributed by atoms with Crippen molar-refractivity contribution in [2.24, 2.45) is 0 Å². The average molecular weight is 535 g/mol. The van der Waals surface area contributed by atoms with Gasteiger partial charge in [-0.1, -0.05) is 0 Å². The number of hydrogen-bond donors (Lipinski definition) is 5. The van der Waals surface area contributed by atoms with E-state index in [1.54, 1.807) is 6.07 Å². The number of phenolic OH excluding ortho intramolecular Hbond substituents is 1. The number of rotatable bonds is 10. The van der Waals surface area contributed by atoms with Gasteiger partial charge in [0.15, 0.2) is 5.43 Å². The minimum absolute atomic E-state index is 0.00650. The highest BCUT2D eigenvalue weighted by Crippen LogP contribution is 2.42. The van der Waals surface area contributed by atoms with Gasteiger partial charge in [0.05, 0.1) is 24.8 Å². The number of benzene rings is 3. The van der Waals surface area contributed by atoms with Gasteiger partial charge >= 0.3 is 5.97 Å². The van der Waals surface area contributed by atoms with Gasteiger partial charge in [-0.25, -0.2) is 4.79 Å². The summed E-state index contributed by atoms with van der Waals surface area (Å²) in [7, 11) is 1.44. The third kappa shape index (κ3) is 6.06. The van der Waals surface area contributed by atoms with Gasteiger partial charge in [-0.3, -0.25) is 14.4 Å². The van der Waals surface area contributed by atoms with Crippen LogP contribution >= 0.6 is 0 Å². The molecule has 1 atom stereocenters. The Hall–Kier alpha value is -4.74. The Morgan fingerprint density at radius 3 is 2.54 bits per heavy atom.